The minimum absolute atomic E-state index is 0.125. The van der Waals surface area contributed by atoms with E-state index in [4.69, 9.17) is 0 Å². The molecule has 4 aliphatic rings. The van der Waals surface area contributed by atoms with Gasteiger partial charge in [-0.2, -0.15) is 0 Å². The Hall–Kier alpha value is -0.610. The fourth-order valence-corrected chi connectivity index (χ4v) is 5.93. The first-order chi connectivity index (χ1) is 11.5. The summed E-state index contributed by atoms with van der Waals surface area (Å²) in [6.07, 6.45) is 8.33. The van der Waals surface area contributed by atoms with E-state index in [1.54, 1.807) is 0 Å². The highest BCUT2D eigenvalue weighted by molar-refractivity contribution is 5.82. The summed E-state index contributed by atoms with van der Waals surface area (Å²) in [5.41, 5.74) is 0. The molecular formula is C20H34N2O2. The lowest BCUT2D eigenvalue weighted by Crippen LogP contribution is -2.49. The monoisotopic (exact) mass is 334 g/mol. The van der Waals surface area contributed by atoms with Crippen molar-refractivity contribution in [3.63, 3.8) is 0 Å². The van der Waals surface area contributed by atoms with Crippen LogP contribution in [-0.4, -0.2) is 47.2 Å². The van der Waals surface area contributed by atoms with Crippen LogP contribution in [0.25, 0.3) is 0 Å². The van der Waals surface area contributed by atoms with Crippen LogP contribution in [0.5, 0.6) is 0 Å². The Bertz CT molecular complexity index is 458. The first kappa shape index (κ1) is 16.8. The molecule has 4 nitrogen and oxygen atoms in total. The molecule has 2 bridgehead atoms. The van der Waals surface area contributed by atoms with Crippen LogP contribution in [-0.2, 0) is 4.79 Å². The van der Waals surface area contributed by atoms with Crippen molar-refractivity contribution in [2.75, 3.05) is 13.1 Å². The molecule has 0 aromatic carbocycles. The molecule has 4 fully saturated rings. The lowest BCUT2D eigenvalue weighted by atomic mass is 9.76. The Labute approximate surface area is 146 Å². The van der Waals surface area contributed by atoms with Crippen LogP contribution in [0.2, 0.25) is 0 Å². The van der Waals surface area contributed by atoms with E-state index in [1.165, 1.54) is 38.5 Å². The van der Waals surface area contributed by atoms with Crippen LogP contribution in [0, 0.1) is 29.6 Å². The number of amides is 1. The van der Waals surface area contributed by atoms with Crippen molar-refractivity contribution >= 4 is 5.91 Å². The Kier molecular flexibility index (Phi) is 4.63. The summed E-state index contributed by atoms with van der Waals surface area (Å²) in [4.78, 5) is 15.1. The largest absolute Gasteiger partial charge is 0.392 e. The Morgan fingerprint density at radius 1 is 1.04 bits per heavy atom. The van der Waals surface area contributed by atoms with Gasteiger partial charge in [-0.05, 0) is 74.5 Å². The summed E-state index contributed by atoms with van der Waals surface area (Å²) in [7, 11) is 0. The van der Waals surface area contributed by atoms with Gasteiger partial charge in [-0.25, -0.2) is 0 Å². The number of carbonyl (C=O) groups is 1. The molecule has 1 amide bonds. The van der Waals surface area contributed by atoms with Crippen LogP contribution in [0.4, 0.5) is 0 Å². The van der Waals surface area contributed by atoms with Gasteiger partial charge in [-0.1, -0.05) is 13.8 Å². The number of likely N-dealkylation sites (tertiary alicyclic amines) is 1. The van der Waals surface area contributed by atoms with Gasteiger partial charge < -0.3 is 10.4 Å². The van der Waals surface area contributed by atoms with Gasteiger partial charge in [0.25, 0.3) is 0 Å². The average molecular weight is 335 g/mol. The van der Waals surface area contributed by atoms with E-state index in [9.17, 15) is 9.90 Å². The zero-order valence-electron chi connectivity index (χ0n) is 15.3. The Balaban J connectivity index is 1.35. The van der Waals surface area contributed by atoms with Crippen LogP contribution in [0.3, 0.4) is 0 Å². The third kappa shape index (κ3) is 3.65. The zero-order valence-corrected chi connectivity index (χ0v) is 15.3. The SMILES string of the molecule is CC(C)CN1C[C@H](O)C[C@H]1C(=O)NC1CC2CC(C1)CC1CC1C2. The molecule has 4 heteroatoms. The number of hydrogen-bond acceptors (Lipinski definition) is 3. The summed E-state index contributed by atoms with van der Waals surface area (Å²) in [5, 5.41) is 13.4. The maximum absolute atomic E-state index is 12.9. The number of carbonyl (C=O) groups excluding carboxylic acids is 1. The van der Waals surface area contributed by atoms with Gasteiger partial charge in [0.2, 0.25) is 5.91 Å². The molecule has 1 aliphatic heterocycles. The lowest BCUT2D eigenvalue weighted by molar-refractivity contribution is -0.126. The van der Waals surface area contributed by atoms with Crippen molar-refractivity contribution < 1.29 is 9.90 Å². The molecule has 136 valence electrons. The molecule has 3 saturated carbocycles. The van der Waals surface area contributed by atoms with Gasteiger partial charge in [-0.3, -0.25) is 9.69 Å². The van der Waals surface area contributed by atoms with E-state index in [1.807, 2.05) is 0 Å². The Morgan fingerprint density at radius 3 is 2.33 bits per heavy atom. The average Bonchev–Trinajstić information content (AvgIpc) is 3.10. The molecule has 0 spiro atoms. The van der Waals surface area contributed by atoms with Crippen LogP contribution >= 0.6 is 0 Å². The summed E-state index contributed by atoms with van der Waals surface area (Å²) < 4.78 is 0. The highest BCUT2D eigenvalue weighted by Crippen LogP contribution is 2.54. The van der Waals surface area contributed by atoms with Gasteiger partial charge in [0.05, 0.1) is 12.1 Å². The molecule has 0 aromatic heterocycles. The molecule has 6 atom stereocenters. The first-order valence-corrected chi connectivity index (χ1v) is 10.2. The van der Waals surface area contributed by atoms with Gasteiger partial charge >= 0.3 is 0 Å². The second kappa shape index (κ2) is 6.60. The number of fused-ring (bicyclic) bond motifs is 3. The summed E-state index contributed by atoms with van der Waals surface area (Å²) in [6.45, 7) is 5.90. The van der Waals surface area contributed by atoms with Crippen molar-refractivity contribution in [1.82, 2.24) is 10.2 Å². The molecule has 1 heterocycles. The van der Waals surface area contributed by atoms with Crippen molar-refractivity contribution in [2.45, 2.75) is 77.0 Å². The van der Waals surface area contributed by atoms with E-state index in [0.717, 1.165) is 30.2 Å². The molecule has 0 radical (unpaired) electrons. The maximum atomic E-state index is 12.9. The normalized spacial score (nSPS) is 44.9. The van der Waals surface area contributed by atoms with Gasteiger partial charge in [0, 0.05) is 19.1 Å². The predicted molar refractivity (Wildman–Crippen MR) is 94.4 cm³/mol. The number of aliphatic hydroxyl groups excluding tert-OH is 1. The minimum atomic E-state index is -0.347. The fraction of sp³-hybridized carbons (Fsp3) is 0.950. The van der Waals surface area contributed by atoms with Crippen LogP contribution < -0.4 is 5.32 Å². The van der Waals surface area contributed by atoms with Crippen molar-refractivity contribution in [3.05, 3.63) is 0 Å². The molecule has 1 saturated heterocycles. The highest BCUT2D eigenvalue weighted by atomic mass is 16.3. The van der Waals surface area contributed by atoms with Gasteiger partial charge in [-0.15, -0.1) is 0 Å². The van der Waals surface area contributed by atoms with Crippen molar-refractivity contribution in [1.29, 1.82) is 0 Å². The fourth-order valence-electron chi connectivity index (χ4n) is 5.93. The van der Waals surface area contributed by atoms with Crippen molar-refractivity contribution in [2.24, 2.45) is 29.6 Å². The molecule has 2 N–H and O–H groups in total. The molecule has 3 aliphatic carbocycles. The molecule has 4 unspecified atom stereocenters. The lowest BCUT2D eigenvalue weighted by Gasteiger charge is -2.35. The molecule has 4 rings (SSSR count). The van der Waals surface area contributed by atoms with Gasteiger partial charge in [0.1, 0.15) is 0 Å². The highest BCUT2D eigenvalue weighted by Gasteiger charge is 2.46. The first-order valence-electron chi connectivity index (χ1n) is 10.2. The smallest absolute Gasteiger partial charge is 0.237 e. The summed E-state index contributed by atoms with van der Waals surface area (Å²) in [6, 6.07) is 0.247. The minimum Gasteiger partial charge on any atom is -0.392 e. The zero-order chi connectivity index (χ0) is 16.8. The number of rotatable bonds is 4. The topological polar surface area (TPSA) is 52.6 Å². The van der Waals surface area contributed by atoms with E-state index < -0.39 is 0 Å². The maximum Gasteiger partial charge on any atom is 0.237 e. The number of β-amino-alcohol motifs (C(OH)–C–C–N with tert-alkyl or cyclic N) is 1. The van der Waals surface area contributed by atoms with Gasteiger partial charge in [0.15, 0.2) is 0 Å². The quantitative estimate of drug-likeness (QED) is 0.830. The van der Waals surface area contributed by atoms with Crippen molar-refractivity contribution in [3.8, 4) is 0 Å². The van der Waals surface area contributed by atoms with E-state index in [-0.39, 0.29) is 18.1 Å². The number of hydrogen-bond donors (Lipinski definition) is 2. The third-order valence-corrected chi connectivity index (χ3v) is 6.87. The van der Waals surface area contributed by atoms with Crippen LogP contribution in [0.1, 0.15) is 58.8 Å². The second-order valence-electron chi connectivity index (χ2n) is 9.63. The van der Waals surface area contributed by atoms with E-state index >= 15 is 0 Å². The number of nitrogens with one attached hydrogen (secondary N) is 1. The molecule has 24 heavy (non-hydrogen) atoms. The summed E-state index contributed by atoms with van der Waals surface area (Å²) in [5.74, 6) is 4.40. The second-order valence-corrected chi connectivity index (χ2v) is 9.63. The number of nitrogens with zero attached hydrogens (tertiary/aromatic N) is 1. The summed E-state index contributed by atoms with van der Waals surface area (Å²) >= 11 is 0. The van der Waals surface area contributed by atoms with E-state index in [0.29, 0.717) is 24.9 Å². The standard InChI is InChI=1S/C20H34N2O2/c1-12(2)10-22-11-18(23)9-19(22)20(24)21-17-6-13-3-14(7-17)5-16-8-15(16)4-13/h12-19,23H,3-11H2,1-2H3,(H,21,24)/t13?,14?,15?,16?,17?,18-,19+/m1/s1. The third-order valence-electron chi connectivity index (χ3n) is 6.87. The predicted octanol–water partition coefficient (Wildman–Crippen LogP) is 2.41. The number of aliphatic hydroxyl groups is 1. The molecular weight excluding hydrogens is 300 g/mol. The molecule has 0 aromatic rings. The van der Waals surface area contributed by atoms with E-state index in [2.05, 4.69) is 24.1 Å². The Morgan fingerprint density at radius 2 is 1.71 bits per heavy atom. The van der Waals surface area contributed by atoms with Crippen LogP contribution in [0.15, 0.2) is 0 Å².